The average Bonchev–Trinajstić information content (AvgIpc) is 4.03. The van der Waals surface area contributed by atoms with Crippen molar-refractivity contribution >= 4 is 57.7 Å². The number of carboxylic acids is 1. The zero-order valence-electron chi connectivity index (χ0n) is 41.2. The first-order valence-corrected chi connectivity index (χ1v) is 22.7. The number of anilines is 4. The number of fused-ring (bicyclic) bond motifs is 2. The molecule has 8 aromatic rings. The largest absolute Gasteiger partial charge is 0.480 e. The van der Waals surface area contributed by atoms with Crippen LogP contribution in [0.1, 0.15) is 25.9 Å². The molecule has 2 saturated heterocycles. The number of nitrogens with two attached hydrogens (primary N) is 1. The van der Waals surface area contributed by atoms with Crippen LogP contribution in [-0.4, -0.2) is 133 Å². The smallest absolute Gasteiger partial charge is 0.395 e. The minimum Gasteiger partial charge on any atom is -0.480 e. The fraction of sp³-hybridized carbons (Fsp3) is 0.364. The van der Waals surface area contributed by atoms with Gasteiger partial charge >= 0.3 is 29.7 Å². The van der Waals surface area contributed by atoms with Gasteiger partial charge in [-0.25, -0.2) is 64.2 Å². The number of nitrogens with one attached hydrogen (secondary N) is 1. The van der Waals surface area contributed by atoms with Gasteiger partial charge in [0.2, 0.25) is 17.8 Å². The maximum absolute atomic E-state index is 13.0. The highest BCUT2D eigenvalue weighted by atomic mass is 19.4. The molecule has 0 aromatic carbocycles. The topological polar surface area (TPSA) is 326 Å². The number of aryl methyl sites for hydroxylation is 2. The van der Waals surface area contributed by atoms with Crippen molar-refractivity contribution in [2.45, 2.75) is 38.3 Å². The Kier molecular flexibility index (Phi) is 14.5. The third-order valence-corrected chi connectivity index (χ3v) is 12.5. The molecule has 0 bridgehead atoms. The number of nitrogens with zero attached hydrogens (tertiary/aromatic N) is 18. The summed E-state index contributed by atoms with van der Waals surface area (Å²) in [6, 6.07) is 1.20. The van der Waals surface area contributed by atoms with E-state index in [2.05, 4.69) is 55.2 Å². The van der Waals surface area contributed by atoms with E-state index in [4.69, 9.17) is 10.8 Å². The lowest BCUT2D eigenvalue weighted by Gasteiger charge is -2.39. The van der Waals surface area contributed by atoms with Crippen molar-refractivity contribution in [3.05, 3.63) is 104 Å². The minimum absolute atomic E-state index is 0.0987. The lowest BCUT2D eigenvalue weighted by molar-refractivity contribution is -0.181. The van der Waals surface area contributed by atoms with Crippen LogP contribution in [0.4, 0.5) is 49.9 Å². The average molecular weight is 1080 g/mol. The lowest BCUT2D eigenvalue weighted by atomic mass is 10.0. The van der Waals surface area contributed by atoms with Gasteiger partial charge in [-0.2, -0.15) is 26.3 Å². The SMILES string of the molecule is C[C@@H](C(=O)Nc1ccnc(-c2cnc(N3CC(C(F)(F)F)C3)nc2)n1)n1cnc2c1c(=O)n(C)c(=O)n2C.C[C@@H](C(=O)O)n1cnc2c1c(=O)n(C)c(=O)n2C.Nc1ccnc(-c2cnc(N3CC(C(F)(F)F)C3)nc2)n1. The molecule has 2 fully saturated rings. The molecule has 0 unspecified atom stereocenters. The minimum atomic E-state index is -4.24. The molecular formula is C44H44F6N20O7. The number of halogens is 6. The second-order valence-electron chi connectivity index (χ2n) is 17.6. The number of amides is 1. The number of alkyl halides is 6. The second kappa shape index (κ2) is 20.7. The molecule has 27 nitrogen and oxygen atoms in total. The molecule has 10 heterocycles. The van der Waals surface area contributed by atoms with Crippen molar-refractivity contribution < 1.29 is 41.0 Å². The fourth-order valence-electron chi connectivity index (χ4n) is 7.77. The van der Waals surface area contributed by atoms with Gasteiger partial charge in [-0.05, 0) is 26.0 Å². The number of aliphatic carboxylic acids is 1. The Morgan fingerprint density at radius 2 is 1.01 bits per heavy atom. The van der Waals surface area contributed by atoms with Gasteiger partial charge in [0.15, 0.2) is 34.0 Å². The Hall–Kier alpha value is -9.46. The molecule has 2 atom stereocenters. The maximum atomic E-state index is 13.0. The number of nitrogen functional groups attached to an aromatic ring is 1. The van der Waals surface area contributed by atoms with E-state index in [9.17, 15) is 55.1 Å². The maximum Gasteiger partial charge on any atom is 0.395 e. The monoisotopic (exact) mass is 1080 g/mol. The number of carbonyl (C=O) groups is 2. The van der Waals surface area contributed by atoms with Crippen molar-refractivity contribution in [3.8, 4) is 22.8 Å². The van der Waals surface area contributed by atoms with Crippen LogP contribution in [0.2, 0.25) is 0 Å². The summed E-state index contributed by atoms with van der Waals surface area (Å²) in [5, 5.41) is 11.6. The molecule has 10 rings (SSSR count). The van der Waals surface area contributed by atoms with E-state index in [1.54, 1.807) is 13.0 Å². The predicted octanol–water partition coefficient (Wildman–Crippen LogP) is 1.47. The standard InChI is InChI=1S/C22H21F3N10O3.C12H11F3N6.C10H12N4O4/c1-11(35-10-29-17-15(35)19(37)33(3)21(38)32(17)2)18(36)31-14-4-5-26-16(30-14)12-6-27-20(28-7-12)34-8-13(9-34)22(23,24)25;13-12(14,15)8-5-21(6-8)11-18-3-7(4-19-11)10-17-2-1-9(16)20-10;1-5(9(16)17)14-4-11-7-6(14)8(15)13(3)10(18)12(7)2/h4-7,10-11,13H,8-9H2,1-3H3,(H,26,30,31,36);1-4,8H,5-6H2,(H2,16,17,20);4-5H,1-3H3,(H,16,17)/t11-;;5-/m0.0/s1. The molecule has 33 heteroatoms. The summed E-state index contributed by atoms with van der Waals surface area (Å²) in [5.74, 6) is -2.80. The molecule has 404 valence electrons. The molecule has 0 aliphatic carbocycles. The van der Waals surface area contributed by atoms with Crippen LogP contribution in [0.15, 0.2) is 81.1 Å². The molecule has 2 aliphatic heterocycles. The predicted molar refractivity (Wildman–Crippen MR) is 260 cm³/mol. The van der Waals surface area contributed by atoms with E-state index < -0.39 is 70.6 Å². The first-order chi connectivity index (χ1) is 36.2. The van der Waals surface area contributed by atoms with Crippen molar-refractivity contribution in [1.82, 2.24) is 77.2 Å². The number of hydrogen-bond acceptors (Lipinski definition) is 19. The van der Waals surface area contributed by atoms with Crippen molar-refractivity contribution in [1.29, 1.82) is 0 Å². The van der Waals surface area contributed by atoms with E-state index in [0.717, 1.165) is 9.13 Å². The molecular weight excluding hydrogens is 1030 g/mol. The highest BCUT2D eigenvalue weighted by Gasteiger charge is 2.49. The zero-order chi connectivity index (χ0) is 56.0. The van der Waals surface area contributed by atoms with Crippen LogP contribution in [0.3, 0.4) is 0 Å². The first-order valence-electron chi connectivity index (χ1n) is 22.7. The van der Waals surface area contributed by atoms with Gasteiger partial charge in [0.25, 0.3) is 11.1 Å². The summed E-state index contributed by atoms with van der Waals surface area (Å²) in [7, 11) is 5.64. The van der Waals surface area contributed by atoms with E-state index in [1.165, 1.54) is 119 Å². The quantitative estimate of drug-likeness (QED) is 0.172. The number of hydrogen-bond donors (Lipinski definition) is 3. The third kappa shape index (κ3) is 10.8. The second-order valence-corrected chi connectivity index (χ2v) is 17.6. The summed E-state index contributed by atoms with van der Waals surface area (Å²) in [6.07, 6.45) is 2.81. The number of carbonyl (C=O) groups excluding carboxylic acids is 1. The Morgan fingerprint density at radius 1 is 0.610 bits per heavy atom. The van der Waals surface area contributed by atoms with Gasteiger partial charge in [0.05, 0.1) is 35.6 Å². The first kappa shape index (κ1) is 53.8. The number of aromatic nitrogens is 16. The molecule has 1 amide bonds. The van der Waals surface area contributed by atoms with Gasteiger partial charge in [0, 0.05) is 91.6 Å². The molecule has 8 aromatic heterocycles. The molecule has 0 radical (unpaired) electrons. The molecule has 0 spiro atoms. The number of rotatable bonds is 9. The van der Waals surface area contributed by atoms with E-state index >= 15 is 0 Å². The van der Waals surface area contributed by atoms with Crippen LogP contribution in [-0.2, 0) is 37.8 Å². The highest BCUT2D eigenvalue weighted by Crippen LogP contribution is 2.36. The number of imidazole rings is 2. The van der Waals surface area contributed by atoms with Crippen LogP contribution in [0.25, 0.3) is 45.1 Å². The van der Waals surface area contributed by atoms with E-state index in [0.29, 0.717) is 22.8 Å². The van der Waals surface area contributed by atoms with Gasteiger partial charge in [0.1, 0.15) is 23.7 Å². The summed E-state index contributed by atoms with van der Waals surface area (Å²) in [5.41, 5.74) is 4.86. The van der Waals surface area contributed by atoms with Gasteiger partial charge in [-0.1, -0.05) is 0 Å². The normalized spacial score (nSPS) is 14.7. The lowest BCUT2D eigenvalue weighted by Crippen LogP contribution is -2.54. The fourth-order valence-corrected chi connectivity index (χ4v) is 7.77. The summed E-state index contributed by atoms with van der Waals surface area (Å²) in [4.78, 5) is 116. The Labute approximate surface area is 427 Å². The van der Waals surface area contributed by atoms with Crippen molar-refractivity contribution in [2.24, 2.45) is 40.0 Å². The summed E-state index contributed by atoms with van der Waals surface area (Å²) >= 11 is 0. The Bertz CT molecular complexity index is 3780. The molecule has 2 aliphatic rings. The van der Waals surface area contributed by atoms with Crippen LogP contribution >= 0.6 is 0 Å². The van der Waals surface area contributed by atoms with Crippen molar-refractivity contribution in [3.63, 3.8) is 0 Å². The molecule has 0 saturated carbocycles. The van der Waals surface area contributed by atoms with Gasteiger partial charge in [-0.15, -0.1) is 0 Å². The van der Waals surface area contributed by atoms with Gasteiger partial charge in [-0.3, -0.25) is 32.7 Å². The summed E-state index contributed by atoms with van der Waals surface area (Å²) in [6.45, 7) is 2.37. The van der Waals surface area contributed by atoms with Gasteiger partial charge < -0.3 is 35.1 Å². The van der Waals surface area contributed by atoms with Crippen LogP contribution in [0.5, 0.6) is 0 Å². The van der Waals surface area contributed by atoms with Crippen LogP contribution < -0.4 is 43.3 Å². The van der Waals surface area contributed by atoms with Crippen LogP contribution in [0, 0.1) is 11.8 Å². The van der Waals surface area contributed by atoms with Crippen molar-refractivity contribution in [2.75, 3.05) is 47.0 Å². The summed E-state index contributed by atoms with van der Waals surface area (Å²) < 4.78 is 82.3. The Balaban J connectivity index is 0.000000169. The number of carboxylic acid groups (broad SMARTS) is 1. The van der Waals surface area contributed by atoms with E-state index in [1.807, 2.05) is 0 Å². The highest BCUT2D eigenvalue weighted by molar-refractivity contribution is 5.93. The molecule has 77 heavy (non-hydrogen) atoms. The zero-order valence-corrected chi connectivity index (χ0v) is 41.2. The molecule has 4 N–H and O–H groups in total. The Morgan fingerprint density at radius 3 is 1.42 bits per heavy atom. The third-order valence-electron chi connectivity index (χ3n) is 12.5. The van der Waals surface area contributed by atoms with E-state index in [-0.39, 0.29) is 72.0 Å².